The van der Waals surface area contributed by atoms with Crippen LogP contribution in [0.4, 0.5) is 0 Å². The molecule has 131 heavy (non-hydrogen) atoms. The maximum absolute atomic E-state index is 16.6. The van der Waals surface area contributed by atoms with Gasteiger partial charge in [-0.25, -0.2) is 4.79 Å². The SMILES string of the molecule is C=C[C@@](C)(O)CC/C=C(\C)C(=O)OC[C@@H]1O[C@H](OC(=O)[C@@]23CCC(C)(C)C[C@@H]2C2=CC[C@@H]4[C@@]5(C)CC[C@H](O[C@H]6O[C@@H](CO[C@H]7OC[C@H](O)[C@@H](O)[C@@H]7O[C@H]7OC[C@H](O)[C@@H](O)[C@@H]7O)[C@H](O[C@H]7O[C@@H](CO)[C@H](O)[C@@H](O)[C@@H]7O)[C@@H](O)[C@@H]6NC(C)=O)C(C)(C)[C@@H]5CC[C@]4(C)[C@@]2(C)CC3)[C@@H](O[C@H]2OC[C@H](O)[C@@H](O[C@H]3OC[C@@](O)(CO)[C@@H]3O)[C@@H]2O)[C@H](O)[C@H]1O[C@H]1O[C@@H](CO)[C@H](O)[C@@H](O)[C@@H]1OC(C)=O. The number of carbonyl (C=O) groups is 4. The molecule has 4 saturated carbocycles. The van der Waals surface area contributed by atoms with Gasteiger partial charge < -0.3 is 193 Å². The highest BCUT2D eigenvalue weighted by Gasteiger charge is 2.71. The highest BCUT2D eigenvalue weighted by atomic mass is 16.8. The van der Waals surface area contributed by atoms with Crippen LogP contribution in [-0.4, -0.2) is 412 Å². The van der Waals surface area contributed by atoms with Crippen molar-refractivity contribution in [2.45, 2.75) is 379 Å². The molecule has 8 saturated heterocycles. The summed E-state index contributed by atoms with van der Waals surface area (Å²) < 4.78 is 111. The minimum atomic E-state index is -2.24. The molecule has 0 spiro atoms. The maximum Gasteiger partial charge on any atom is 0.333 e. The van der Waals surface area contributed by atoms with Crippen LogP contribution in [-0.2, 0) is 104 Å². The number of amides is 1. The van der Waals surface area contributed by atoms with Crippen molar-refractivity contribution < 1.29 is 207 Å². The van der Waals surface area contributed by atoms with E-state index in [1.807, 2.05) is 0 Å². The smallest absolute Gasteiger partial charge is 0.333 e. The van der Waals surface area contributed by atoms with Gasteiger partial charge in [-0.2, -0.15) is 0 Å². The van der Waals surface area contributed by atoms with E-state index >= 15 is 4.79 Å². The summed E-state index contributed by atoms with van der Waals surface area (Å²) in [5.74, 6) is -4.08. The van der Waals surface area contributed by atoms with Crippen molar-refractivity contribution >= 4 is 23.8 Å². The Bertz CT molecular complexity index is 3970. The summed E-state index contributed by atoms with van der Waals surface area (Å²) in [7, 11) is 0. The van der Waals surface area contributed by atoms with Crippen molar-refractivity contribution in [3.05, 3.63) is 36.0 Å². The van der Waals surface area contributed by atoms with Gasteiger partial charge in [0.15, 0.2) is 56.2 Å². The van der Waals surface area contributed by atoms with Crippen molar-refractivity contribution in [2.24, 2.45) is 50.2 Å². The maximum atomic E-state index is 16.6. The molecule has 0 radical (unpaired) electrons. The van der Waals surface area contributed by atoms with Gasteiger partial charge in [-0.05, 0) is 136 Å². The lowest BCUT2D eigenvalue weighted by molar-refractivity contribution is -0.381. The third kappa shape index (κ3) is 20.4. The van der Waals surface area contributed by atoms with E-state index in [9.17, 15) is 117 Å². The van der Waals surface area contributed by atoms with Gasteiger partial charge in [0.05, 0.1) is 70.0 Å². The molecule has 43 nitrogen and oxygen atoms in total. The minimum Gasteiger partial charge on any atom is -0.459 e. The molecule has 13 aliphatic rings. The number of rotatable bonds is 29. The third-order valence-corrected chi connectivity index (χ3v) is 31.2. The van der Waals surface area contributed by atoms with Gasteiger partial charge in [-0.3, -0.25) is 14.4 Å². The standard InChI is InChI=1S/C88H139NO42/c1-13-83(9,112)20-14-15-37(2)71(110)114-33-47-66(128-77-68(120-39(4)94)59(104)56(101)46(29-91)122-77)62(107)69(130-74-63(108)64(44(97)32-116-74)126-79-70(109)88(113,35-92)36-119-79)78(124-47)131-80(111)87-25-23-81(5,6)27-41(87)40-16-17-50-84(10)21-19-51(82(7,8)49(84)18-22-86(50,12)85(40,11)24-26-87)125-72-52(89-38(3)93)57(102)65(127-75-61(106)58(103)55(100)45(28-90)121-75)48(123-72)34-118-76-67(54(99)43(96)31-117-76)129-73-60(105)53(98)42(95)30-115-73/h13,15-16,41-70,72-79,90-92,95-109,112-113H,1,14,17-36H2,2-12H3,(H,89,93)/b37-15+/t41-,42+,43+,44+,45+,46+,47+,48+,49+,50-,51+,52+,53-,54-,55+,56+,57+,58-,59-,60+,61+,62-,63+,64-,65+,66+,67+,68+,69+,70-,72-,73-,74-,75-,76-,77-,78-,79-,83-,84+,85+,86+,87-,88+/m1/s1. The van der Waals surface area contributed by atoms with E-state index in [4.69, 9.17) is 85.3 Å². The normalized spacial score (nSPS) is 48.6. The Labute approximate surface area is 757 Å². The second kappa shape index (κ2) is 40.9. The molecule has 0 aromatic heterocycles. The van der Waals surface area contributed by atoms with E-state index in [-0.39, 0.29) is 48.5 Å². The van der Waals surface area contributed by atoms with Gasteiger partial charge in [-0.15, -0.1) is 6.58 Å². The lowest BCUT2D eigenvalue weighted by Crippen LogP contribution is -2.69. The molecular formula is C88H139NO42. The Balaban J connectivity index is 0.794. The third-order valence-electron chi connectivity index (χ3n) is 31.2. The first kappa shape index (κ1) is 104. The predicted molar refractivity (Wildman–Crippen MR) is 438 cm³/mol. The van der Waals surface area contributed by atoms with Crippen LogP contribution in [0.25, 0.3) is 0 Å². The van der Waals surface area contributed by atoms with Crippen LogP contribution in [0.15, 0.2) is 36.0 Å². The van der Waals surface area contributed by atoms with E-state index in [0.717, 1.165) is 12.5 Å². The Morgan fingerprint density at radius 3 is 1.74 bits per heavy atom. The topological polar surface area (TPSA) is 651 Å². The number of fused-ring (bicyclic) bond motifs is 7. The number of nitrogens with one attached hydrogen (secondary N) is 1. The van der Waals surface area contributed by atoms with Crippen LogP contribution in [0.3, 0.4) is 0 Å². The van der Waals surface area contributed by atoms with Crippen LogP contribution >= 0.6 is 0 Å². The number of aliphatic hydroxyl groups excluding tert-OH is 18. The zero-order valence-electron chi connectivity index (χ0n) is 75.7. The predicted octanol–water partition coefficient (Wildman–Crippen LogP) is -5.25. The fourth-order valence-corrected chi connectivity index (χ4v) is 23.0. The van der Waals surface area contributed by atoms with E-state index in [0.29, 0.717) is 51.4 Å². The molecule has 43 heteroatoms. The van der Waals surface area contributed by atoms with E-state index < -0.39 is 343 Å². The summed E-state index contributed by atoms with van der Waals surface area (Å²) >= 11 is 0. The average Bonchev–Trinajstić information content (AvgIpc) is 0.813. The van der Waals surface area contributed by atoms with Gasteiger partial charge in [0, 0.05) is 19.4 Å². The van der Waals surface area contributed by atoms with Crippen LogP contribution < -0.4 is 5.32 Å². The van der Waals surface area contributed by atoms with Gasteiger partial charge in [0.2, 0.25) is 12.2 Å². The lowest BCUT2D eigenvalue weighted by Gasteiger charge is -2.71. The van der Waals surface area contributed by atoms with Crippen molar-refractivity contribution in [2.75, 3.05) is 59.5 Å². The fourth-order valence-electron chi connectivity index (χ4n) is 23.0. The van der Waals surface area contributed by atoms with E-state index in [2.05, 4.69) is 66.4 Å². The molecule has 8 heterocycles. The first-order chi connectivity index (χ1) is 61.5. The Morgan fingerprint density at radius 2 is 1.10 bits per heavy atom. The molecule has 8 aliphatic heterocycles. The summed E-state index contributed by atoms with van der Waals surface area (Å²) in [4.78, 5) is 56.8. The number of carbonyl (C=O) groups excluding carboxylic acids is 4. The molecule has 5 aliphatic carbocycles. The Kier molecular flexibility index (Phi) is 32.5. The molecule has 0 aromatic rings. The number of allylic oxidation sites excluding steroid dienone is 3. The number of aliphatic hydroxyl groups is 20. The highest BCUT2D eigenvalue weighted by molar-refractivity contribution is 5.87. The molecule has 0 aromatic carbocycles. The second-order valence-corrected chi connectivity index (χ2v) is 40.6. The summed E-state index contributed by atoms with van der Waals surface area (Å²) in [6.45, 7) is 17.4. The molecule has 0 bridgehead atoms. The molecular weight excluding hydrogens is 1740 g/mol. The molecule has 13 rings (SSSR count). The monoisotopic (exact) mass is 1880 g/mol. The molecule has 0 unspecified atom stereocenters. The van der Waals surface area contributed by atoms with Crippen molar-refractivity contribution in [1.29, 1.82) is 0 Å². The van der Waals surface area contributed by atoms with Crippen LogP contribution in [0, 0.1) is 50.2 Å². The first-order valence-electron chi connectivity index (χ1n) is 45.4. The van der Waals surface area contributed by atoms with Crippen molar-refractivity contribution in [1.82, 2.24) is 5.32 Å². The van der Waals surface area contributed by atoms with Gasteiger partial charge >= 0.3 is 17.9 Å². The second-order valence-electron chi connectivity index (χ2n) is 40.6. The summed E-state index contributed by atoms with van der Waals surface area (Å²) in [6.07, 6.45) is -51.0. The zero-order valence-corrected chi connectivity index (χ0v) is 75.7. The first-order valence-corrected chi connectivity index (χ1v) is 45.4. The van der Waals surface area contributed by atoms with E-state index in [1.165, 1.54) is 32.9 Å². The van der Waals surface area contributed by atoms with Gasteiger partial charge in [-0.1, -0.05) is 72.3 Å². The van der Waals surface area contributed by atoms with Crippen LogP contribution in [0.2, 0.25) is 0 Å². The van der Waals surface area contributed by atoms with E-state index in [1.54, 1.807) is 0 Å². The molecule has 12 fully saturated rings. The summed E-state index contributed by atoms with van der Waals surface area (Å²) in [6, 6.07) is -1.48. The van der Waals surface area contributed by atoms with Crippen LogP contribution in [0.5, 0.6) is 0 Å². The molecule has 1 amide bonds. The molecule has 748 valence electrons. The van der Waals surface area contributed by atoms with Crippen molar-refractivity contribution in [3.63, 3.8) is 0 Å². The molecule has 21 N–H and O–H groups in total. The largest absolute Gasteiger partial charge is 0.459 e. The number of ether oxygens (including phenoxy) is 18. The fraction of sp³-hybridized carbons (Fsp3) is 0.886. The highest BCUT2D eigenvalue weighted by Crippen LogP contribution is 2.76. The number of esters is 3. The number of hydrogen-bond donors (Lipinski definition) is 21. The quantitative estimate of drug-likeness (QED) is 0.0109. The van der Waals surface area contributed by atoms with Crippen molar-refractivity contribution in [3.8, 4) is 0 Å². The minimum absolute atomic E-state index is 0.0298. The zero-order chi connectivity index (χ0) is 95.8. The summed E-state index contributed by atoms with van der Waals surface area (Å²) in [5.41, 5.74) is -6.52. The lowest BCUT2D eigenvalue weighted by atomic mass is 9.33. The van der Waals surface area contributed by atoms with Gasteiger partial charge in [0.25, 0.3) is 0 Å². The van der Waals surface area contributed by atoms with Gasteiger partial charge in [0.1, 0.15) is 159 Å². The average molecular weight is 1880 g/mol. The Morgan fingerprint density at radius 1 is 0.534 bits per heavy atom. The number of hydrogen-bond acceptors (Lipinski definition) is 42. The summed E-state index contributed by atoms with van der Waals surface area (Å²) in [5, 5.41) is 225. The molecule has 44 atom stereocenters. The Hall–Kier alpha value is -4.30. The van der Waals surface area contributed by atoms with Crippen LogP contribution in [0.1, 0.15) is 153 Å².